The van der Waals surface area contributed by atoms with Crippen LogP contribution in [0.2, 0.25) is 0 Å². The highest BCUT2D eigenvalue weighted by Gasteiger charge is 2.60. The van der Waals surface area contributed by atoms with Crippen LogP contribution in [0.15, 0.2) is 60.7 Å². The van der Waals surface area contributed by atoms with Crippen LogP contribution in [-0.2, 0) is 16.8 Å². The predicted octanol–water partition coefficient (Wildman–Crippen LogP) is 6.01. The van der Waals surface area contributed by atoms with E-state index in [1.807, 2.05) is 0 Å². The van der Waals surface area contributed by atoms with Crippen molar-refractivity contribution in [2.45, 2.75) is 63.3 Å². The molecular formula is C29H35NO. The molecule has 4 saturated carbocycles. The summed E-state index contributed by atoms with van der Waals surface area (Å²) in [6, 6.07) is 22.0. The lowest BCUT2D eigenvalue weighted by Gasteiger charge is -2.62. The first-order valence-electron chi connectivity index (χ1n) is 12.5. The van der Waals surface area contributed by atoms with Gasteiger partial charge in [-0.25, -0.2) is 0 Å². The van der Waals surface area contributed by atoms with Gasteiger partial charge in [0.05, 0.1) is 0 Å². The van der Waals surface area contributed by atoms with E-state index in [4.69, 9.17) is 0 Å². The number of rotatable bonds is 6. The zero-order valence-corrected chi connectivity index (χ0v) is 18.6. The lowest BCUT2D eigenvalue weighted by molar-refractivity contribution is -0.147. The Morgan fingerprint density at radius 2 is 1.58 bits per heavy atom. The van der Waals surface area contributed by atoms with E-state index in [1.165, 1.54) is 49.7 Å². The molecule has 1 aliphatic heterocycles. The van der Waals surface area contributed by atoms with Crippen molar-refractivity contribution in [1.29, 1.82) is 0 Å². The molecule has 0 amide bonds. The molecule has 5 fully saturated rings. The Labute approximate surface area is 187 Å². The molecule has 5 aliphatic rings. The number of nitrogens with zero attached hydrogens (tertiary/aromatic N) is 1. The first-order valence-corrected chi connectivity index (χ1v) is 12.5. The Morgan fingerprint density at radius 1 is 0.903 bits per heavy atom. The van der Waals surface area contributed by atoms with Crippen molar-refractivity contribution in [2.75, 3.05) is 13.1 Å². The fraction of sp³-hybridized carbons (Fsp3) is 0.552. The van der Waals surface area contributed by atoms with Gasteiger partial charge in [0.1, 0.15) is 5.78 Å². The summed E-state index contributed by atoms with van der Waals surface area (Å²) >= 11 is 0. The van der Waals surface area contributed by atoms with E-state index in [0.29, 0.717) is 11.7 Å². The van der Waals surface area contributed by atoms with Crippen LogP contribution >= 0.6 is 0 Å². The van der Waals surface area contributed by atoms with Gasteiger partial charge in [-0.15, -0.1) is 0 Å². The molecule has 7 rings (SSSR count). The zero-order valence-electron chi connectivity index (χ0n) is 18.6. The van der Waals surface area contributed by atoms with Crippen LogP contribution in [0, 0.1) is 23.2 Å². The molecule has 0 spiro atoms. The summed E-state index contributed by atoms with van der Waals surface area (Å²) in [5.74, 6) is 2.71. The van der Waals surface area contributed by atoms with Crippen LogP contribution in [0.3, 0.4) is 0 Å². The summed E-state index contributed by atoms with van der Waals surface area (Å²) in [5, 5.41) is 0. The Balaban J connectivity index is 1.16. The highest BCUT2D eigenvalue weighted by Crippen LogP contribution is 2.66. The molecule has 31 heavy (non-hydrogen) atoms. The van der Waals surface area contributed by atoms with Gasteiger partial charge in [0.2, 0.25) is 0 Å². The number of carbonyl (C=O) groups excluding carboxylic acids is 1. The molecule has 2 heteroatoms. The zero-order chi connectivity index (χ0) is 20.9. The summed E-state index contributed by atoms with van der Waals surface area (Å²) < 4.78 is 0. The van der Waals surface area contributed by atoms with Crippen molar-refractivity contribution < 1.29 is 4.79 Å². The second kappa shape index (κ2) is 7.59. The molecule has 1 saturated heterocycles. The van der Waals surface area contributed by atoms with Crippen molar-refractivity contribution in [3.8, 4) is 0 Å². The largest absolute Gasteiger partial charge is 0.299 e. The standard InChI is InChI=1S/C29H35NO/c31-27(14-23-11-12-30(20-23)19-22-7-3-1-4-8-22)29-17-24-13-25(18-29)16-28(15-24,21-29)26-9-5-2-6-10-26/h1-10,23-25H,11-21H2/t23-,24?,25?,28?,29?/m1/s1. The average molecular weight is 414 g/mol. The molecule has 0 radical (unpaired) electrons. The topological polar surface area (TPSA) is 20.3 Å². The summed E-state index contributed by atoms with van der Waals surface area (Å²) in [6.45, 7) is 3.25. The molecule has 1 heterocycles. The summed E-state index contributed by atoms with van der Waals surface area (Å²) in [7, 11) is 0. The number of likely N-dealkylation sites (tertiary alicyclic amines) is 1. The maximum atomic E-state index is 13.9. The van der Waals surface area contributed by atoms with Gasteiger partial charge in [-0.1, -0.05) is 60.7 Å². The third kappa shape index (κ3) is 3.57. The van der Waals surface area contributed by atoms with Gasteiger partial charge >= 0.3 is 0 Å². The number of hydrogen-bond acceptors (Lipinski definition) is 2. The monoisotopic (exact) mass is 413 g/mol. The van der Waals surface area contributed by atoms with Gasteiger partial charge in [0.15, 0.2) is 0 Å². The number of hydrogen-bond donors (Lipinski definition) is 0. The second-order valence-corrected chi connectivity index (χ2v) is 11.4. The quantitative estimate of drug-likeness (QED) is 0.578. The molecule has 4 aliphatic carbocycles. The molecule has 2 unspecified atom stereocenters. The highest BCUT2D eigenvalue weighted by atomic mass is 16.1. The van der Waals surface area contributed by atoms with Crippen LogP contribution in [0.4, 0.5) is 0 Å². The normalized spacial score (nSPS) is 36.7. The molecule has 2 aromatic rings. The number of Topliss-reactive ketones (excluding diaryl/α,β-unsaturated/α-hetero) is 1. The van der Waals surface area contributed by atoms with Crippen LogP contribution in [-0.4, -0.2) is 23.8 Å². The van der Waals surface area contributed by atoms with Crippen molar-refractivity contribution in [1.82, 2.24) is 4.90 Å². The van der Waals surface area contributed by atoms with Gasteiger partial charge in [-0.05, 0) is 85.8 Å². The third-order valence-corrected chi connectivity index (χ3v) is 9.13. The minimum Gasteiger partial charge on any atom is -0.299 e. The van der Waals surface area contributed by atoms with Gasteiger partial charge < -0.3 is 0 Å². The van der Waals surface area contributed by atoms with Crippen LogP contribution in [0.25, 0.3) is 0 Å². The van der Waals surface area contributed by atoms with E-state index in [1.54, 1.807) is 0 Å². The second-order valence-electron chi connectivity index (χ2n) is 11.4. The van der Waals surface area contributed by atoms with Crippen molar-refractivity contribution >= 4 is 5.78 Å². The Bertz CT molecular complexity index is 922. The summed E-state index contributed by atoms with van der Waals surface area (Å²) in [5.41, 5.74) is 3.15. The van der Waals surface area contributed by atoms with E-state index >= 15 is 0 Å². The molecular weight excluding hydrogens is 378 g/mol. The maximum absolute atomic E-state index is 13.9. The van der Waals surface area contributed by atoms with Crippen LogP contribution < -0.4 is 0 Å². The van der Waals surface area contributed by atoms with Gasteiger partial charge in [-0.2, -0.15) is 0 Å². The van der Waals surface area contributed by atoms with E-state index < -0.39 is 0 Å². The van der Waals surface area contributed by atoms with Crippen LogP contribution in [0.5, 0.6) is 0 Å². The number of carbonyl (C=O) groups is 1. The third-order valence-electron chi connectivity index (χ3n) is 9.13. The molecule has 0 N–H and O–H groups in total. The number of ketones is 1. The van der Waals surface area contributed by atoms with Gasteiger partial charge in [0, 0.05) is 24.9 Å². The lowest BCUT2D eigenvalue weighted by Crippen LogP contribution is -2.57. The smallest absolute Gasteiger partial charge is 0.139 e. The van der Waals surface area contributed by atoms with Gasteiger partial charge in [-0.3, -0.25) is 9.69 Å². The molecule has 2 aromatic carbocycles. The molecule has 0 aromatic heterocycles. The van der Waals surface area contributed by atoms with Crippen molar-refractivity contribution in [3.63, 3.8) is 0 Å². The first kappa shape index (κ1) is 19.7. The van der Waals surface area contributed by atoms with Gasteiger partial charge in [0.25, 0.3) is 0 Å². The minimum atomic E-state index is -0.0211. The Kier molecular flexibility index (Phi) is 4.83. The Hall–Kier alpha value is -1.93. The van der Waals surface area contributed by atoms with E-state index in [-0.39, 0.29) is 10.8 Å². The van der Waals surface area contributed by atoms with E-state index in [2.05, 4.69) is 65.6 Å². The molecule has 4 bridgehead atoms. The lowest BCUT2D eigenvalue weighted by atomic mass is 9.42. The average Bonchev–Trinajstić information content (AvgIpc) is 3.21. The molecule has 3 atom stereocenters. The van der Waals surface area contributed by atoms with Crippen LogP contribution in [0.1, 0.15) is 62.5 Å². The Morgan fingerprint density at radius 3 is 2.29 bits per heavy atom. The fourth-order valence-electron chi connectivity index (χ4n) is 8.26. The highest BCUT2D eigenvalue weighted by molar-refractivity contribution is 5.86. The summed E-state index contributed by atoms with van der Waals surface area (Å²) in [6.07, 6.45) is 9.48. The van der Waals surface area contributed by atoms with E-state index in [0.717, 1.165) is 44.3 Å². The van der Waals surface area contributed by atoms with Crippen molar-refractivity contribution in [3.05, 3.63) is 71.8 Å². The first-order chi connectivity index (χ1) is 15.1. The molecule has 2 nitrogen and oxygen atoms in total. The summed E-state index contributed by atoms with van der Waals surface area (Å²) in [4.78, 5) is 16.4. The fourth-order valence-corrected chi connectivity index (χ4v) is 8.26. The van der Waals surface area contributed by atoms with Crippen molar-refractivity contribution in [2.24, 2.45) is 23.2 Å². The maximum Gasteiger partial charge on any atom is 0.139 e. The van der Waals surface area contributed by atoms with E-state index in [9.17, 15) is 4.79 Å². The SMILES string of the molecule is O=C(C[C@H]1CCN(Cc2ccccc2)C1)C12CC3CC(C1)CC(c1ccccc1)(C3)C2. The predicted molar refractivity (Wildman–Crippen MR) is 125 cm³/mol. The number of benzene rings is 2. The molecule has 162 valence electrons. The minimum absolute atomic E-state index is 0.0211.